The molecule has 2 aromatic carbocycles. The third-order valence-corrected chi connectivity index (χ3v) is 4.56. The zero-order chi connectivity index (χ0) is 15.1. The van der Waals surface area contributed by atoms with E-state index in [-0.39, 0.29) is 6.04 Å². The summed E-state index contributed by atoms with van der Waals surface area (Å²) >= 11 is 0. The maximum Gasteiger partial charge on any atom is 0.118 e. The van der Waals surface area contributed by atoms with E-state index in [9.17, 15) is 0 Å². The maximum atomic E-state index is 5.26. The standard InChI is InChI=1S/C19H20N2O/c1-12-3-8-17-16(11-12)15-9-10-20-18(19(15)21-17)13-4-6-14(22-2)7-5-13/h3-8,11,18,20-21H,9-10H2,1-2H3/t18-/m1/s1. The number of aromatic nitrogens is 1. The van der Waals surface area contributed by atoms with Crippen LogP contribution in [-0.4, -0.2) is 18.6 Å². The van der Waals surface area contributed by atoms with Crippen LogP contribution in [0.2, 0.25) is 0 Å². The highest BCUT2D eigenvalue weighted by Crippen LogP contribution is 2.34. The van der Waals surface area contributed by atoms with Gasteiger partial charge in [-0.15, -0.1) is 0 Å². The smallest absolute Gasteiger partial charge is 0.118 e. The Morgan fingerprint density at radius 2 is 1.91 bits per heavy atom. The minimum Gasteiger partial charge on any atom is -0.497 e. The minimum absolute atomic E-state index is 0.224. The fraction of sp³-hybridized carbons (Fsp3) is 0.263. The van der Waals surface area contributed by atoms with E-state index >= 15 is 0 Å². The predicted molar refractivity (Wildman–Crippen MR) is 89.6 cm³/mol. The van der Waals surface area contributed by atoms with E-state index in [1.165, 1.54) is 33.3 Å². The van der Waals surface area contributed by atoms with Crippen molar-refractivity contribution in [2.24, 2.45) is 0 Å². The van der Waals surface area contributed by atoms with Gasteiger partial charge in [0.05, 0.1) is 13.2 Å². The second-order valence-electron chi connectivity index (χ2n) is 5.98. The van der Waals surface area contributed by atoms with Gasteiger partial charge in [-0.1, -0.05) is 23.8 Å². The first kappa shape index (κ1) is 13.4. The van der Waals surface area contributed by atoms with Crippen molar-refractivity contribution in [2.45, 2.75) is 19.4 Å². The van der Waals surface area contributed by atoms with E-state index in [4.69, 9.17) is 4.74 Å². The lowest BCUT2D eigenvalue weighted by Crippen LogP contribution is -2.30. The molecule has 0 bridgehead atoms. The number of rotatable bonds is 2. The predicted octanol–water partition coefficient (Wildman–Crippen LogP) is 3.72. The second kappa shape index (κ2) is 5.18. The number of aryl methyl sites for hydroxylation is 1. The molecule has 1 aliphatic heterocycles. The van der Waals surface area contributed by atoms with E-state index < -0.39 is 0 Å². The van der Waals surface area contributed by atoms with Gasteiger partial charge >= 0.3 is 0 Å². The molecule has 0 unspecified atom stereocenters. The molecule has 0 radical (unpaired) electrons. The van der Waals surface area contributed by atoms with Crippen molar-refractivity contribution in [3.63, 3.8) is 0 Å². The highest BCUT2D eigenvalue weighted by atomic mass is 16.5. The summed E-state index contributed by atoms with van der Waals surface area (Å²) in [6.45, 7) is 3.16. The summed E-state index contributed by atoms with van der Waals surface area (Å²) in [5.41, 5.74) is 6.58. The molecule has 1 aliphatic rings. The average molecular weight is 292 g/mol. The first-order valence-electron chi connectivity index (χ1n) is 7.74. The van der Waals surface area contributed by atoms with Crippen LogP contribution < -0.4 is 10.1 Å². The van der Waals surface area contributed by atoms with Gasteiger partial charge in [0, 0.05) is 23.1 Å². The topological polar surface area (TPSA) is 37.0 Å². The molecule has 3 heteroatoms. The third-order valence-electron chi connectivity index (χ3n) is 4.56. The Morgan fingerprint density at radius 3 is 2.68 bits per heavy atom. The Bertz CT molecular complexity index is 817. The van der Waals surface area contributed by atoms with E-state index in [1.807, 2.05) is 12.1 Å². The third kappa shape index (κ3) is 2.09. The monoisotopic (exact) mass is 292 g/mol. The molecule has 0 aliphatic carbocycles. The largest absolute Gasteiger partial charge is 0.497 e. The number of nitrogens with one attached hydrogen (secondary N) is 2. The lowest BCUT2D eigenvalue weighted by molar-refractivity contribution is 0.414. The Morgan fingerprint density at radius 1 is 1.09 bits per heavy atom. The molecule has 1 aromatic heterocycles. The molecule has 0 saturated carbocycles. The summed E-state index contributed by atoms with van der Waals surface area (Å²) in [6.07, 6.45) is 1.07. The summed E-state index contributed by atoms with van der Waals surface area (Å²) in [7, 11) is 1.70. The molecular weight excluding hydrogens is 272 g/mol. The first-order valence-corrected chi connectivity index (χ1v) is 7.74. The molecule has 1 atom stereocenters. The highest BCUT2D eigenvalue weighted by Gasteiger charge is 2.25. The van der Waals surface area contributed by atoms with Crippen LogP contribution in [0.25, 0.3) is 10.9 Å². The van der Waals surface area contributed by atoms with Crippen molar-refractivity contribution in [1.29, 1.82) is 0 Å². The number of hydrogen-bond donors (Lipinski definition) is 2. The Labute approximate surface area is 130 Å². The van der Waals surface area contributed by atoms with E-state index in [2.05, 4.69) is 47.6 Å². The van der Waals surface area contributed by atoms with Gasteiger partial charge in [-0.25, -0.2) is 0 Å². The van der Waals surface area contributed by atoms with Crippen LogP contribution in [0.5, 0.6) is 5.75 Å². The van der Waals surface area contributed by atoms with Crippen molar-refractivity contribution in [2.75, 3.05) is 13.7 Å². The van der Waals surface area contributed by atoms with Crippen LogP contribution in [0.3, 0.4) is 0 Å². The lowest BCUT2D eigenvalue weighted by atomic mass is 9.94. The zero-order valence-corrected chi connectivity index (χ0v) is 12.9. The van der Waals surface area contributed by atoms with E-state index in [0.29, 0.717) is 0 Å². The fourth-order valence-electron chi connectivity index (χ4n) is 3.42. The molecule has 2 N–H and O–H groups in total. The van der Waals surface area contributed by atoms with Crippen molar-refractivity contribution < 1.29 is 4.74 Å². The van der Waals surface area contributed by atoms with Gasteiger partial charge in [0.1, 0.15) is 5.75 Å². The summed E-state index contributed by atoms with van der Waals surface area (Å²) < 4.78 is 5.26. The van der Waals surface area contributed by atoms with Gasteiger partial charge in [0.2, 0.25) is 0 Å². The van der Waals surface area contributed by atoms with Gasteiger partial charge in [-0.05, 0) is 48.7 Å². The van der Waals surface area contributed by atoms with Crippen molar-refractivity contribution >= 4 is 10.9 Å². The Balaban J connectivity index is 1.82. The van der Waals surface area contributed by atoms with Gasteiger partial charge in [0.25, 0.3) is 0 Å². The fourth-order valence-corrected chi connectivity index (χ4v) is 3.42. The van der Waals surface area contributed by atoms with Crippen LogP contribution in [-0.2, 0) is 6.42 Å². The maximum absolute atomic E-state index is 5.26. The number of ether oxygens (including phenoxy) is 1. The molecular formula is C19H20N2O. The quantitative estimate of drug-likeness (QED) is 0.755. The summed E-state index contributed by atoms with van der Waals surface area (Å²) in [5.74, 6) is 0.895. The van der Waals surface area contributed by atoms with Gasteiger partial charge in [0.15, 0.2) is 0 Å². The minimum atomic E-state index is 0.224. The number of H-pyrrole nitrogens is 1. The molecule has 4 rings (SSSR count). The average Bonchev–Trinajstić information content (AvgIpc) is 2.93. The molecule has 0 amide bonds. The van der Waals surface area contributed by atoms with Crippen molar-refractivity contribution in [1.82, 2.24) is 10.3 Å². The molecule has 3 nitrogen and oxygen atoms in total. The van der Waals surface area contributed by atoms with Crippen LogP contribution in [0.1, 0.15) is 28.4 Å². The van der Waals surface area contributed by atoms with Gasteiger partial charge < -0.3 is 15.0 Å². The number of aromatic amines is 1. The summed E-state index contributed by atoms with van der Waals surface area (Å²) in [6, 6.07) is 15.2. The van der Waals surface area contributed by atoms with Crippen molar-refractivity contribution in [3.8, 4) is 5.75 Å². The summed E-state index contributed by atoms with van der Waals surface area (Å²) in [4.78, 5) is 3.63. The normalized spacial score (nSPS) is 17.5. The SMILES string of the molecule is COc1ccc([C@H]2NCCc3c2[nH]c2ccc(C)cc32)cc1. The Kier molecular flexibility index (Phi) is 3.16. The van der Waals surface area contributed by atoms with E-state index in [0.717, 1.165) is 18.7 Å². The van der Waals surface area contributed by atoms with E-state index in [1.54, 1.807) is 7.11 Å². The zero-order valence-electron chi connectivity index (χ0n) is 12.9. The molecule has 0 saturated heterocycles. The van der Waals surface area contributed by atoms with Crippen LogP contribution in [0.15, 0.2) is 42.5 Å². The number of fused-ring (bicyclic) bond motifs is 3. The van der Waals surface area contributed by atoms with Gasteiger partial charge in [-0.3, -0.25) is 0 Å². The molecule has 112 valence electrons. The van der Waals surface area contributed by atoms with Gasteiger partial charge in [-0.2, -0.15) is 0 Å². The van der Waals surface area contributed by atoms with Crippen LogP contribution in [0.4, 0.5) is 0 Å². The molecule has 0 spiro atoms. The Hall–Kier alpha value is -2.26. The second-order valence-corrected chi connectivity index (χ2v) is 5.98. The van der Waals surface area contributed by atoms with Crippen molar-refractivity contribution in [3.05, 3.63) is 64.8 Å². The molecule has 2 heterocycles. The van der Waals surface area contributed by atoms with Crippen LogP contribution >= 0.6 is 0 Å². The molecule has 3 aromatic rings. The van der Waals surface area contributed by atoms with Crippen LogP contribution in [0, 0.1) is 6.92 Å². The number of methoxy groups -OCH3 is 1. The lowest BCUT2D eigenvalue weighted by Gasteiger charge is -2.25. The number of benzene rings is 2. The molecule has 22 heavy (non-hydrogen) atoms. The first-order chi connectivity index (χ1) is 10.8. The highest BCUT2D eigenvalue weighted by molar-refractivity contribution is 5.86. The molecule has 0 fully saturated rings. The number of hydrogen-bond acceptors (Lipinski definition) is 2. The summed E-state index contributed by atoms with van der Waals surface area (Å²) in [5, 5.41) is 5.00.